The Labute approximate surface area is 166 Å². The molecule has 28 heavy (non-hydrogen) atoms. The molecule has 1 amide bonds. The number of carbonyl (C=O) groups excluding carboxylic acids is 1. The third-order valence-electron chi connectivity index (χ3n) is 5.17. The molecule has 0 saturated heterocycles. The predicted molar refractivity (Wildman–Crippen MR) is 108 cm³/mol. The fourth-order valence-electron chi connectivity index (χ4n) is 3.56. The van der Waals surface area contributed by atoms with Crippen molar-refractivity contribution in [1.82, 2.24) is 14.5 Å². The van der Waals surface area contributed by atoms with E-state index in [4.69, 9.17) is 14.5 Å². The fraction of sp³-hybridized carbons (Fsp3) is 0.350. The van der Waals surface area contributed by atoms with E-state index in [1.165, 1.54) is 6.92 Å². The first-order chi connectivity index (χ1) is 13.5. The number of anilines is 1. The molecule has 0 bridgehead atoms. The second kappa shape index (κ2) is 6.13. The molecule has 1 spiro atoms. The summed E-state index contributed by atoms with van der Waals surface area (Å²) in [4.78, 5) is 20.6. The lowest BCUT2D eigenvalue weighted by atomic mass is 10.1. The number of carbonyl (C=O) groups is 1. The van der Waals surface area contributed by atoms with Crippen molar-refractivity contribution in [3.05, 3.63) is 24.5 Å². The Hall–Kier alpha value is -2.74. The van der Waals surface area contributed by atoms with E-state index in [9.17, 15) is 4.79 Å². The van der Waals surface area contributed by atoms with Crippen molar-refractivity contribution in [2.75, 3.05) is 18.2 Å². The molecule has 8 heteroatoms. The minimum absolute atomic E-state index is 0.150. The molecule has 1 N–H and O–H groups in total. The number of rotatable bonds is 3. The van der Waals surface area contributed by atoms with Crippen LogP contribution in [-0.2, 0) is 11.8 Å². The maximum absolute atomic E-state index is 11.4. The molecule has 3 aromatic heterocycles. The van der Waals surface area contributed by atoms with E-state index >= 15 is 0 Å². The standard InChI is InChI=1S/C20H20N4O3S/c1-11(25)22-16-6-12-13(9-24(2)14(12)8-21-16)18-19-15(7-17(23-18)28-3)27-20(4-5-20)10-26-19/h6-9H,4-5,10H2,1-3H3,(H,21,22,25). The SMILES string of the molecule is CSc1cc2c(c(-c3cn(C)c4cnc(NC(C)=O)cc34)n1)OCC1(CC1)O2. The van der Waals surface area contributed by atoms with Crippen LogP contribution in [0.25, 0.3) is 22.2 Å². The monoisotopic (exact) mass is 396 g/mol. The predicted octanol–water partition coefficient (Wildman–Crippen LogP) is 3.62. The molecule has 0 unspecified atom stereocenters. The Kier molecular flexibility index (Phi) is 3.80. The number of hydrogen-bond acceptors (Lipinski definition) is 6. The van der Waals surface area contributed by atoms with Crippen molar-refractivity contribution in [3.63, 3.8) is 0 Å². The molecule has 7 nitrogen and oxygen atoms in total. The number of amides is 1. The molecule has 0 aromatic carbocycles. The van der Waals surface area contributed by atoms with Gasteiger partial charge in [-0.25, -0.2) is 9.97 Å². The summed E-state index contributed by atoms with van der Waals surface area (Å²) < 4.78 is 14.4. The van der Waals surface area contributed by atoms with Gasteiger partial charge in [0.2, 0.25) is 5.91 Å². The van der Waals surface area contributed by atoms with Gasteiger partial charge in [-0.1, -0.05) is 0 Å². The van der Waals surface area contributed by atoms with Gasteiger partial charge in [-0.15, -0.1) is 11.8 Å². The lowest BCUT2D eigenvalue weighted by Gasteiger charge is -2.28. The molecule has 5 rings (SSSR count). The minimum atomic E-state index is -0.157. The molecular formula is C20H20N4O3S. The Balaban J connectivity index is 1.70. The van der Waals surface area contributed by atoms with Gasteiger partial charge in [-0.3, -0.25) is 4.79 Å². The van der Waals surface area contributed by atoms with Crippen molar-refractivity contribution < 1.29 is 14.3 Å². The maximum Gasteiger partial charge on any atom is 0.222 e. The minimum Gasteiger partial charge on any atom is -0.483 e. The van der Waals surface area contributed by atoms with Gasteiger partial charge >= 0.3 is 0 Å². The highest BCUT2D eigenvalue weighted by Gasteiger charge is 2.50. The third-order valence-corrected chi connectivity index (χ3v) is 5.80. The highest BCUT2D eigenvalue weighted by atomic mass is 32.2. The molecular weight excluding hydrogens is 376 g/mol. The van der Waals surface area contributed by atoms with Gasteiger partial charge in [0.05, 0.1) is 11.7 Å². The van der Waals surface area contributed by atoms with E-state index in [2.05, 4.69) is 10.3 Å². The summed E-state index contributed by atoms with van der Waals surface area (Å²) in [5.41, 5.74) is 2.48. The van der Waals surface area contributed by atoms with Crippen LogP contribution in [0.15, 0.2) is 29.6 Å². The molecule has 2 aliphatic rings. The van der Waals surface area contributed by atoms with Crippen LogP contribution < -0.4 is 14.8 Å². The van der Waals surface area contributed by atoms with E-state index in [0.717, 1.165) is 45.8 Å². The van der Waals surface area contributed by atoms with Gasteiger partial charge in [0.25, 0.3) is 0 Å². The number of aryl methyl sites for hydroxylation is 1. The van der Waals surface area contributed by atoms with Crippen LogP contribution in [0.2, 0.25) is 0 Å². The third kappa shape index (κ3) is 2.79. The molecule has 0 radical (unpaired) electrons. The first-order valence-electron chi connectivity index (χ1n) is 9.12. The maximum atomic E-state index is 11.4. The summed E-state index contributed by atoms with van der Waals surface area (Å²) in [5.74, 6) is 1.79. The van der Waals surface area contributed by atoms with Crippen molar-refractivity contribution >= 4 is 34.4 Å². The van der Waals surface area contributed by atoms with Crippen LogP contribution in [-0.4, -0.2) is 38.9 Å². The zero-order chi connectivity index (χ0) is 19.5. The van der Waals surface area contributed by atoms with Crippen LogP contribution >= 0.6 is 11.8 Å². The zero-order valence-electron chi connectivity index (χ0n) is 15.9. The number of aromatic nitrogens is 3. The van der Waals surface area contributed by atoms with Gasteiger partial charge in [0, 0.05) is 37.2 Å². The lowest BCUT2D eigenvalue weighted by Crippen LogP contribution is -2.31. The highest BCUT2D eigenvalue weighted by Crippen LogP contribution is 2.51. The van der Waals surface area contributed by atoms with Crippen LogP contribution in [0.5, 0.6) is 11.5 Å². The molecule has 3 aromatic rings. The van der Waals surface area contributed by atoms with E-state index in [0.29, 0.717) is 18.2 Å². The van der Waals surface area contributed by atoms with E-state index in [1.807, 2.05) is 36.2 Å². The highest BCUT2D eigenvalue weighted by molar-refractivity contribution is 7.98. The van der Waals surface area contributed by atoms with Gasteiger partial charge in [-0.05, 0) is 25.2 Å². The normalized spacial score (nSPS) is 16.4. The number of ether oxygens (including phenoxy) is 2. The topological polar surface area (TPSA) is 78.3 Å². The fourth-order valence-corrected chi connectivity index (χ4v) is 3.96. The van der Waals surface area contributed by atoms with Crippen molar-refractivity contribution in [3.8, 4) is 22.8 Å². The molecule has 1 saturated carbocycles. The van der Waals surface area contributed by atoms with Crippen LogP contribution in [0.4, 0.5) is 5.82 Å². The molecule has 0 atom stereocenters. The second-order valence-corrected chi connectivity index (χ2v) is 8.16. The van der Waals surface area contributed by atoms with Crippen molar-refractivity contribution in [2.45, 2.75) is 30.4 Å². The number of thioether (sulfide) groups is 1. The number of nitrogens with zero attached hydrogens (tertiary/aromatic N) is 3. The summed E-state index contributed by atoms with van der Waals surface area (Å²) >= 11 is 1.57. The molecule has 1 fully saturated rings. The van der Waals surface area contributed by atoms with Crippen LogP contribution in [0.1, 0.15) is 19.8 Å². The van der Waals surface area contributed by atoms with E-state index < -0.39 is 0 Å². The Morgan fingerprint density at radius 2 is 2.18 bits per heavy atom. The van der Waals surface area contributed by atoms with E-state index in [1.54, 1.807) is 18.0 Å². The summed E-state index contributed by atoms with van der Waals surface area (Å²) in [6.45, 7) is 2.02. The lowest BCUT2D eigenvalue weighted by molar-refractivity contribution is -0.114. The largest absolute Gasteiger partial charge is 0.483 e. The summed E-state index contributed by atoms with van der Waals surface area (Å²) in [6.07, 6.45) is 7.82. The average molecular weight is 396 g/mol. The smallest absolute Gasteiger partial charge is 0.222 e. The van der Waals surface area contributed by atoms with Crippen LogP contribution in [0, 0.1) is 0 Å². The molecule has 1 aliphatic heterocycles. The van der Waals surface area contributed by atoms with Gasteiger partial charge in [-0.2, -0.15) is 0 Å². The Morgan fingerprint density at radius 3 is 2.89 bits per heavy atom. The second-order valence-electron chi connectivity index (χ2n) is 7.34. The quantitative estimate of drug-likeness (QED) is 0.682. The number of fused-ring (bicyclic) bond motifs is 2. The average Bonchev–Trinajstić information content (AvgIpc) is 3.34. The Morgan fingerprint density at radius 1 is 1.36 bits per heavy atom. The van der Waals surface area contributed by atoms with Gasteiger partial charge in [0.1, 0.15) is 28.7 Å². The van der Waals surface area contributed by atoms with Crippen LogP contribution in [0.3, 0.4) is 0 Å². The summed E-state index contributed by atoms with van der Waals surface area (Å²) in [6, 6.07) is 3.83. The first-order valence-corrected chi connectivity index (χ1v) is 10.3. The zero-order valence-corrected chi connectivity index (χ0v) is 16.7. The molecule has 144 valence electrons. The molecule has 4 heterocycles. The number of nitrogens with one attached hydrogen (secondary N) is 1. The van der Waals surface area contributed by atoms with Gasteiger partial charge < -0.3 is 19.4 Å². The van der Waals surface area contributed by atoms with Gasteiger partial charge in [0.15, 0.2) is 11.5 Å². The first kappa shape index (κ1) is 17.4. The number of pyridine rings is 2. The summed E-state index contributed by atoms with van der Waals surface area (Å²) in [5, 5.41) is 4.58. The Bertz CT molecular complexity index is 1120. The van der Waals surface area contributed by atoms with Crippen molar-refractivity contribution in [2.24, 2.45) is 7.05 Å². The molecule has 1 aliphatic carbocycles. The van der Waals surface area contributed by atoms with E-state index in [-0.39, 0.29) is 11.5 Å². The van der Waals surface area contributed by atoms with Crippen molar-refractivity contribution in [1.29, 1.82) is 0 Å². The number of hydrogen-bond donors (Lipinski definition) is 1. The summed E-state index contributed by atoms with van der Waals surface area (Å²) in [7, 11) is 1.97.